The van der Waals surface area contributed by atoms with Crippen LogP contribution in [0.15, 0.2) is 16.6 Å². The van der Waals surface area contributed by atoms with E-state index < -0.39 is 0 Å². The van der Waals surface area contributed by atoms with Crippen LogP contribution in [-0.4, -0.2) is 20.0 Å². The van der Waals surface area contributed by atoms with Crippen LogP contribution in [0.4, 0.5) is 0 Å². The average Bonchev–Trinajstić information content (AvgIpc) is 2.16. The molecule has 0 saturated carbocycles. The minimum absolute atomic E-state index is 0.0219. The smallest absolute Gasteiger partial charge is 0.163 e. The molecule has 0 N–H and O–H groups in total. The summed E-state index contributed by atoms with van der Waals surface area (Å²) in [6.07, 6.45) is 0. The number of benzene rings is 1. The van der Waals surface area contributed by atoms with Crippen molar-refractivity contribution < 1.29 is 14.3 Å². The van der Waals surface area contributed by atoms with E-state index in [4.69, 9.17) is 9.47 Å². The first-order chi connectivity index (χ1) is 7.10. The van der Waals surface area contributed by atoms with E-state index in [9.17, 15) is 4.79 Å². The molecule has 0 saturated heterocycles. The highest BCUT2D eigenvalue weighted by Gasteiger charge is 2.14. The number of rotatable bonds is 4. The second kappa shape index (κ2) is 5.28. The SMILES string of the molecule is COCc1cc(Br)cc(OC)c1C(C)=O. The molecule has 1 aromatic rings. The Labute approximate surface area is 97.5 Å². The first-order valence-corrected chi connectivity index (χ1v) is 5.25. The molecule has 0 atom stereocenters. The van der Waals surface area contributed by atoms with Crippen LogP contribution >= 0.6 is 15.9 Å². The van der Waals surface area contributed by atoms with Crippen LogP contribution in [0.25, 0.3) is 0 Å². The van der Waals surface area contributed by atoms with E-state index in [1.807, 2.05) is 6.07 Å². The maximum atomic E-state index is 11.5. The van der Waals surface area contributed by atoms with E-state index in [1.165, 1.54) is 6.92 Å². The molecule has 0 radical (unpaired) electrons. The lowest BCUT2D eigenvalue weighted by atomic mass is 10.0. The molecule has 15 heavy (non-hydrogen) atoms. The highest BCUT2D eigenvalue weighted by molar-refractivity contribution is 9.10. The average molecular weight is 273 g/mol. The van der Waals surface area contributed by atoms with Crippen LogP contribution in [0.3, 0.4) is 0 Å². The predicted octanol–water partition coefficient (Wildman–Crippen LogP) is 2.81. The van der Waals surface area contributed by atoms with E-state index in [0.29, 0.717) is 17.9 Å². The number of carbonyl (C=O) groups excluding carboxylic acids is 1. The van der Waals surface area contributed by atoms with Gasteiger partial charge in [0.05, 0.1) is 19.3 Å². The lowest BCUT2D eigenvalue weighted by Crippen LogP contribution is -2.04. The summed E-state index contributed by atoms with van der Waals surface area (Å²) in [4.78, 5) is 11.5. The Hall–Kier alpha value is -0.870. The molecule has 0 amide bonds. The number of ether oxygens (including phenoxy) is 2. The molecule has 82 valence electrons. The number of methoxy groups -OCH3 is 2. The second-order valence-electron chi connectivity index (χ2n) is 3.13. The lowest BCUT2D eigenvalue weighted by Gasteiger charge is -2.11. The molecule has 0 aromatic heterocycles. The quantitative estimate of drug-likeness (QED) is 0.791. The molecule has 3 nitrogen and oxygen atoms in total. The maximum absolute atomic E-state index is 11.5. The first-order valence-electron chi connectivity index (χ1n) is 4.46. The van der Waals surface area contributed by atoms with Crippen LogP contribution in [0, 0.1) is 0 Å². The van der Waals surface area contributed by atoms with Gasteiger partial charge in [-0.1, -0.05) is 15.9 Å². The van der Waals surface area contributed by atoms with Crippen molar-refractivity contribution in [3.63, 3.8) is 0 Å². The van der Waals surface area contributed by atoms with Gasteiger partial charge in [-0.05, 0) is 24.6 Å². The zero-order valence-corrected chi connectivity index (χ0v) is 10.6. The number of halogens is 1. The highest BCUT2D eigenvalue weighted by atomic mass is 79.9. The van der Waals surface area contributed by atoms with E-state index in [2.05, 4.69) is 15.9 Å². The zero-order valence-electron chi connectivity index (χ0n) is 8.96. The van der Waals surface area contributed by atoms with E-state index in [1.54, 1.807) is 20.3 Å². The monoisotopic (exact) mass is 272 g/mol. The van der Waals surface area contributed by atoms with Crippen molar-refractivity contribution >= 4 is 21.7 Å². The lowest BCUT2D eigenvalue weighted by molar-refractivity contribution is 0.100. The summed E-state index contributed by atoms with van der Waals surface area (Å²) < 4.78 is 11.1. The molecule has 0 spiro atoms. The first kappa shape index (κ1) is 12.2. The largest absolute Gasteiger partial charge is 0.496 e. The van der Waals surface area contributed by atoms with Crippen LogP contribution in [0.5, 0.6) is 5.75 Å². The highest BCUT2D eigenvalue weighted by Crippen LogP contribution is 2.28. The summed E-state index contributed by atoms with van der Waals surface area (Å²) >= 11 is 3.36. The number of Topliss-reactive ketones (excluding diaryl/α,β-unsaturated/α-hetero) is 1. The minimum Gasteiger partial charge on any atom is -0.496 e. The molecule has 0 fully saturated rings. The van der Waals surface area contributed by atoms with Gasteiger partial charge in [0.1, 0.15) is 5.75 Å². The third kappa shape index (κ3) is 2.79. The molecule has 1 aromatic carbocycles. The van der Waals surface area contributed by atoms with E-state index in [-0.39, 0.29) is 5.78 Å². The fourth-order valence-electron chi connectivity index (χ4n) is 1.47. The molecule has 0 heterocycles. The molecule has 0 unspecified atom stereocenters. The van der Waals surface area contributed by atoms with Crippen molar-refractivity contribution in [3.8, 4) is 5.75 Å². The van der Waals surface area contributed by atoms with Gasteiger partial charge in [-0.25, -0.2) is 0 Å². The fraction of sp³-hybridized carbons (Fsp3) is 0.364. The Bertz CT molecular complexity index is 374. The van der Waals surface area contributed by atoms with Gasteiger partial charge in [0.2, 0.25) is 0 Å². The zero-order chi connectivity index (χ0) is 11.4. The van der Waals surface area contributed by atoms with Crippen LogP contribution < -0.4 is 4.74 Å². The van der Waals surface area contributed by atoms with Gasteiger partial charge < -0.3 is 9.47 Å². The van der Waals surface area contributed by atoms with Crippen LogP contribution in [0.2, 0.25) is 0 Å². The molecule has 0 aliphatic rings. The maximum Gasteiger partial charge on any atom is 0.163 e. The fourth-order valence-corrected chi connectivity index (χ4v) is 1.95. The normalized spacial score (nSPS) is 10.1. The van der Waals surface area contributed by atoms with Gasteiger partial charge in [-0.15, -0.1) is 0 Å². The molecular weight excluding hydrogens is 260 g/mol. The summed E-state index contributed by atoms with van der Waals surface area (Å²) in [6.45, 7) is 1.91. The van der Waals surface area contributed by atoms with Gasteiger partial charge in [0.15, 0.2) is 5.78 Å². The summed E-state index contributed by atoms with van der Waals surface area (Å²) in [5.74, 6) is 0.551. The third-order valence-corrected chi connectivity index (χ3v) is 2.48. The van der Waals surface area contributed by atoms with Gasteiger partial charge in [0.25, 0.3) is 0 Å². The number of carbonyl (C=O) groups is 1. The molecule has 1 rings (SSSR count). The van der Waals surface area contributed by atoms with Crippen molar-refractivity contribution in [2.75, 3.05) is 14.2 Å². The second-order valence-corrected chi connectivity index (χ2v) is 4.05. The van der Waals surface area contributed by atoms with Crippen molar-refractivity contribution in [2.45, 2.75) is 13.5 Å². The third-order valence-electron chi connectivity index (χ3n) is 2.02. The number of hydrogen-bond donors (Lipinski definition) is 0. The van der Waals surface area contributed by atoms with Gasteiger partial charge in [0, 0.05) is 11.6 Å². The topological polar surface area (TPSA) is 35.5 Å². The van der Waals surface area contributed by atoms with E-state index >= 15 is 0 Å². The summed E-state index contributed by atoms with van der Waals surface area (Å²) in [6, 6.07) is 3.64. The van der Waals surface area contributed by atoms with Crippen LogP contribution in [0.1, 0.15) is 22.8 Å². The number of hydrogen-bond acceptors (Lipinski definition) is 3. The summed E-state index contributed by atoms with van der Waals surface area (Å²) in [7, 11) is 3.14. The molecule has 4 heteroatoms. The van der Waals surface area contributed by atoms with Gasteiger partial charge >= 0.3 is 0 Å². The van der Waals surface area contributed by atoms with Gasteiger partial charge in [-0.3, -0.25) is 4.79 Å². The molecule has 0 aliphatic heterocycles. The predicted molar refractivity (Wildman–Crippen MR) is 61.4 cm³/mol. The van der Waals surface area contributed by atoms with Crippen LogP contribution in [-0.2, 0) is 11.3 Å². The van der Waals surface area contributed by atoms with Crippen molar-refractivity contribution in [1.82, 2.24) is 0 Å². The minimum atomic E-state index is -0.0219. The van der Waals surface area contributed by atoms with Crippen molar-refractivity contribution in [2.24, 2.45) is 0 Å². The summed E-state index contributed by atoms with van der Waals surface area (Å²) in [5.41, 5.74) is 1.42. The summed E-state index contributed by atoms with van der Waals surface area (Å²) in [5, 5.41) is 0. The Morgan fingerprint density at radius 1 is 1.40 bits per heavy atom. The Kier molecular flexibility index (Phi) is 4.29. The van der Waals surface area contributed by atoms with Crippen molar-refractivity contribution in [3.05, 3.63) is 27.7 Å². The van der Waals surface area contributed by atoms with E-state index in [0.717, 1.165) is 10.0 Å². The molecular formula is C11H13BrO3. The molecule has 0 bridgehead atoms. The Morgan fingerprint density at radius 3 is 2.53 bits per heavy atom. The number of ketones is 1. The van der Waals surface area contributed by atoms with Crippen molar-refractivity contribution in [1.29, 1.82) is 0 Å². The van der Waals surface area contributed by atoms with Gasteiger partial charge in [-0.2, -0.15) is 0 Å². The Morgan fingerprint density at radius 2 is 2.07 bits per heavy atom. The standard InChI is InChI=1S/C11H13BrO3/c1-7(13)11-8(6-14-2)4-9(12)5-10(11)15-3/h4-5H,6H2,1-3H3. The Balaban J connectivity index is 3.33. The molecule has 0 aliphatic carbocycles.